The zero-order valence-electron chi connectivity index (χ0n) is 15.6. The molecular weight excluding hydrogens is 342 g/mol. The Labute approximate surface area is 159 Å². The highest BCUT2D eigenvalue weighted by Gasteiger charge is 2.26. The number of rotatable bonds is 4. The summed E-state index contributed by atoms with van der Waals surface area (Å²) in [5.41, 5.74) is 0.576. The smallest absolute Gasteiger partial charge is 0.341 e. The molecule has 1 atom stereocenters. The van der Waals surface area contributed by atoms with Gasteiger partial charge in [-0.25, -0.2) is 14.0 Å². The third-order valence-corrected chi connectivity index (χ3v) is 5.53. The molecule has 2 fully saturated rings. The van der Waals surface area contributed by atoms with Crippen molar-refractivity contribution in [2.45, 2.75) is 44.6 Å². The lowest BCUT2D eigenvalue weighted by molar-refractivity contribution is -0.133. The number of hydrogen-bond donors (Lipinski definition) is 1. The molecule has 2 aromatic rings. The van der Waals surface area contributed by atoms with E-state index in [9.17, 15) is 9.59 Å². The lowest BCUT2D eigenvalue weighted by atomic mass is 9.99. The molecule has 1 unspecified atom stereocenters. The van der Waals surface area contributed by atoms with Crippen LogP contribution in [0.2, 0.25) is 0 Å². The first kappa shape index (κ1) is 18.0. The molecule has 144 valence electrons. The van der Waals surface area contributed by atoms with Crippen LogP contribution in [0.3, 0.4) is 0 Å². The number of para-hydroxylation sites is 1. The second-order valence-corrected chi connectivity index (χ2v) is 7.45. The van der Waals surface area contributed by atoms with E-state index in [0.717, 1.165) is 63.4 Å². The summed E-state index contributed by atoms with van der Waals surface area (Å²) in [4.78, 5) is 27.6. The first-order chi connectivity index (χ1) is 13.2. The molecule has 1 aromatic carbocycles. The number of likely N-dealkylation sites (tertiary alicyclic amines) is 1. The van der Waals surface area contributed by atoms with Crippen molar-refractivity contribution in [2.75, 3.05) is 26.2 Å². The molecule has 0 bridgehead atoms. The van der Waals surface area contributed by atoms with Gasteiger partial charge in [0, 0.05) is 25.6 Å². The van der Waals surface area contributed by atoms with Crippen LogP contribution in [0.4, 0.5) is 0 Å². The van der Waals surface area contributed by atoms with Crippen molar-refractivity contribution >= 4 is 5.91 Å². The number of carbonyl (C=O) groups is 1. The van der Waals surface area contributed by atoms with Crippen LogP contribution in [-0.2, 0) is 11.3 Å². The monoisotopic (exact) mass is 369 g/mol. The van der Waals surface area contributed by atoms with E-state index in [0.29, 0.717) is 0 Å². The summed E-state index contributed by atoms with van der Waals surface area (Å²) in [6, 6.07) is 9.60. The van der Waals surface area contributed by atoms with E-state index in [1.807, 2.05) is 35.2 Å². The second kappa shape index (κ2) is 8.08. The van der Waals surface area contributed by atoms with E-state index in [1.54, 1.807) is 4.57 Å². The summed E-state index contributed by atoms with van der Waals surface area (Å²) in [7, 11) is 0. The highest BCUT2D eigenvalue weighted by molar-refractivity contribution is 5.75. The summed E-state index contributed by atoms with van der Waals surface area (Å²) in [6.07, 6.45) is 5.31. The number of hydrogen-bond acceptors (Lipinski definition) is 4. The molecule has 4 rings (SSSR count). The molecular formula is C20H27N5O2. The lowest BCUT2D eigenvalue weighted by Gasteiger charge is -2.26. The average Bonchev–Trinajstić information content (AvgIpc) is 3.06. The van der Waals surface area contributed by atoms with E-state index < -0.39 is 0 Å². The first-order valence-electron chi connectivity index (χ1n) is 9.98. The van der Waals surface area contributed by atoms with E-state index in [2.05, 4.69) is 10.4 Å². The molecule has 0 aliphatic carbocycles. The van der Waals surface area contributed by atoms with Gasteiger partial charge < -0.3 is 10.2 Å². The molecule has 0 saturated carbocycles. The van der Waals surface area contributed by atoms with Gasteiger partial charge in [-0.3, -0.25) is 4.79 Å². The Morgan fingerprint density at radius 2 is 1.89 bits per heavy atom. The number of benzene rings is 1. The molecule has 27 heavy (non-hydrogen) atoms. The van der Waals surface area contributed by atoms with Crippen molar-refractivity contribution in [1.29, 1.82) is 0 Å². The van der Waals surface area contributed by atoms with Gasteiger partial charge in [-0.1, -0.05) is 18.2 Å². The molecule has 1 amide bonds. The van der Waals surface area contributed by atoms with Gasteiger partial charge in [-0.2, -0.15) is 5.10 Å². The lowest BCUT2D eigenvalue weighted by Crippen LogP contribution is -2.40. The zero-order valence-corrected chi connectivity index (χ0v) is 15.6. The third-order valence-electron chi connectivity index (χ3n) is 5.53. The van der Waals surface area contributed by atoms with E-state index in [4.69, 9.17) is 0 Å². The van der Waals surface area contributed by atoms with Crippen LogP contribution in [0.5, 0.6) is 0 Å². The fourth-order valence-corrected chi connectivity index (χ4v) is 4.06. The van der Waals surface area contributed by atoms with Gasteiger partial charge in [0.15, 0.2) is 0 Å². The fraction of sp³-hybridized carbons (Fsp3) is 0.550. The van der Waals surface area contributed by atoms with Crippen LogP contribution in [-0.4, -0.2) is 51.3 Å². The Hall–Kier alpha value is -2.41. The van der Waals surface area contributed by atoms with Gasteiger partial charge in [-0.05, 0) is 50.8 Å². The third kappa shape index (κ3) is 3.83. The number of piperidine rings is 2. The summed E-state index contributed by atoms with van der Waals surface area (Å²) in [6.45, 7) is 3.40. The quantitative estimate of drug-likeness (QED) is 0.887. The van der Waals surface area contributed by atoms with Crippen molar-refractivity contribution in [3.05, 3.63) is 46.6 Å². The number of amides is 1. The Morgan fingerprint density at radius 3 is 2.59 bits per heavy atom. The maximum atomic E-state index is 13.1. The Balaban J connectivity index is 1.67. The van der Waals surface area contributed by atoms with Crippen molar-refractivity contribution in [3.63, 3.8) is 0 Å². The van der Waals surface area contributed by atoms with Gasteiger partial charge in [0.05, 0.1) is 5.69 Å². The molecule has 2 aliphatic heterocycles. The van der Waals surface area contributed by atoms with Crippen molar-refractivity contribution in [1.82, 2.24) is 24.6 Å². The highest BCUT2D eigenvalue weighted by Crippen LogP contribution is 2.23. The summed E-state index contributed by atoms with van der Waals surface area (Å²) in [5.74, 6) is 0.922. The largest absolute Gasteiger partial charge is 0.351 e. The zero-order chi connectivity index (χ0) is 18.6. The fourth-order valence-electron chi connectivity index (χ4n) is 4.06. The van der Waals surface area contributed by atoms with Gasteiger partial charge in [0.2, 0.25) is 5.91 Å². The molecule has 7 nitrogen and oxygen atoms in total. The van der Waals surface area contributed by atoms with E-state index in [-0.39, 0.29) is 24.1 Å². The number of aromatic nitrogens is 3. The molecule has 7 heteroatoms. The Kier molecular flexibility index (Phi) is 5.38. The van der Waals surface area contributed by atoms with E-state index >= 15 is 0 Å². The molecule has 3 heterocycles. The molecule has 0 radical (unpaired) electrons. The van der Waals surface area contributed by atoms with E-state index in [1.165, 1.54) is 11.1 Å². The normalized spacial score (nSPS) is 20.6. The topological polar surface area (TPSA) is 72.2 Å². The standard InChI is InChI=1S/C20H27N5O2/c26-18(23-12-5-2-6-13-23)15-24-20(27)25(17-9-3-1-4-10-17)19(22-24)16-8-7-11-21-14-16/h1,3-4,9-10,16,21H,2,5-8,11-15H2. The van der Waals surface area contributed by atoms with Gasteiger partial charge in [0.1, 0.15) is 12.4 Å². The van der Waals surface area contributed by atoms with Gasteiger partial charge in [-0.15, -0.1) is 0 Å². The minimum Gasteiger partial charge on any atom is -0.341 e. The summed E-state index contributed by atoms with van der Waals surface area (Å²) in [5, 5.41) is 8.02. The van der Waals surface area contributed by atoms with Gasteiger partial charge in [0.25, 0.3) is 0 Å². The predicted octanol–water partition coefficient (Wildman–Crippen LogP) is 1.51. The predicted molar refractivity (Wildman–Crippen MR) is 103 cm³/mol. The van der Waals surface area contributed by atoms with Crippen LogP contribution in [0, 0.1) is 0 Å². The van der Waals surface area contributed by atoms with Crippen LogP contribution < -0.4 is 11.0 Å². The van der Waals surface area contributed by atoms with Crippen LogP contribution >= 0.6 is 0 Å². The Bertz CT molecular complexity index is 830. The molecule has 1 aromatic heterocycles. The number of carbonyl (C=O) groups excluding carboxylic acids is 1. The average molecular weight is 369 g/mol. The molecule has 2 aliphatic rings. The van der Waals surface area contributed by atoms with Crippen molar-refractivity contribution < 1.29 is 4.79 Å². The van der Waals surface area contributed by atoms with Gasteiger partial charge >= 0.3 is 5.69 Å². The first-order valence-corrected chi connectivity index (χ1v) is 9.98. The maximum absolute atomic E-state index is 13.1. The highest BCUT2D eigenvalue weighted by atomic mass is 16.2. The minimum absolute atomic E-state index is 0.0113. The van der Waals surface area contributed by atoms with Crippen LogP contribution in [0.1, 0.15) is 43.8 Å². The Morgan fingerprint density at radius 1 is 1.11 bits per heavy atom. The second-order valence-electron chi connectivity index (χ2n) is 7.45. The molecule has 0 spiro atoms. The number of nitrogens with one attached hydrogen (secondary N) is 1. The minimum atomic E-state index is -0.230. The number of nitrogens with zero attached hydrogens (tertiary/aromatic N) is 4. The van der Waals surface area contributed by atoms with Crippen LogP contribution in [0.25, 0.3) is 5.69 Å². The van der Waals surface area contributed by atoms with Crippen molar-refractivity contribution in [3.8, 4) is 5.69 Å². The molecule has 2 saturated heterocycles. The molecule has 1 N–H and O–H groups in total. The summed E-state index contributed by atoms with van der Waals surface area (Å²) >= 11 is 0. The maximum Gasteiger partial charge on any atom is 0.351 e. The summed E-state index contributed by atoms with van der Waals surface area (Å²) < 4.78 is 3.04. The SMILES string of the molecule is O=C(Cn1nc(C2CCCNC2)n(-c2ccccc2)c1=O)N1CCCCC1. The van der Waals surface area contributed by atoms with Crippen LogP contribution in [0.15, 0.2) is 35.1 Å². The van der Waals surface area contributed by atoms with Crippen molar-refractivity contribution in [2.24, 2.45) is 0 Å².